The fourth-order valence-electron chi connectivity index (χ4n) is 2.05. The third-order valence-corrected chi connectivity index (χ3v) is 5.08. The molecule has 1 aromatic rings. The van der Waals surface area contributed by atoms with Crippen molar-refractivity contribution in [3.05, 3.63) is 23.2 Å². The molecule has 0 bridgehead atoms. The van der Waals surface area contributed by atoms with Crippen LogP contribution in [-0.2, 0) is 10.8 Å². The Balaban J connectivity index is 1.85. The van der Waals surface area contributed by atoms with Crippen LogP contribution in [-0.4, -0.2) is 59.5 Å². The van der Waals surface area contributed by atoms with Crippen LogP contribution in [0.1, 0.15) is 0 Å². The van der Waals surface area contributed by atoms with Crippen LogP contribution in [0.2, 0.25) is 5.02 Å². The summed E-state index contributed by atoms with van der Waals surface area (Å²) in [6.07, 6.45) is 0. The van der Waals surface area contributed by atoms with Crippen molar-refractivity contribution in [2.75, 3.05) is 51.3 Å². The number of benzene rings is 1. The lowest BCUT2D eigenvalue weighted by Crippen LogP contribution is -2.45. The lowest BCUT2D eigenvalue weighted by atomic mass is 10.3. The van der Waals surface area contributed by atoms with Crippen LogP contribution in [0.15, 0.2) is 23.1 Å². The first kappa shape index (κ1) is 14.8. The molecule has 0 saturated carbocycles. The molecule has 1 atom stereocenters. The van der Waals surface area contributed by atoms with E-state index in [4.69, 9.17) is 17.3 Å². The molecule has 2 rings (SSSR count). The fraction of sp³-hybridized carbons (Fsp3) is 0.538. The van der Waals surface area contributed by atoms with Crippen molar-refractivity contribution < 1.29 is 4.21 Å². The molecule has 4 nitrogen and oxygen atoms in total. The van der Waals surface area contributed by atoms with Crippen LogP contribution in [0.25, 0.3) is 0 Å². The molecule has 1 fully saturated rings. The molecule has 19 heavy (non-hydrogen) atoms. The van der Waals surface area contributed by atoms with Gasteiger partial charge >= 0.3 is 0 Å². The Labute approximate surface area is 122 Å². The van der Waals surface area contributed by atoms with Crippen LogP contribution in [0.5, 0.6) is 0 Å². The summed E-state index contributed by atoms with van der Waals surface area (Å²) in [5, 5.41) is 0.477. The van der Waals surface area contributed by atoms with E-state index in [0.29, 0.717) is 16.5 Å². The zero-order chi connectivity index (χ0) is 13.8. The number of hydrogen-bond donors (Lipinski definition) is 1. The van der Waals surface area contributed by atoms with Crippen molar-refractivity contribution in [1.29, 1.82) is 0 Å². The Kier molecular flexibility index (Phi) is 5.21. The summed E-state index contributed by atoms with van der Waals surface area (Å²) in [5.41, 5.74) is 6.18. The van der Waals surface area contributed by atoms with E-state index >= 15 is 0 Å². The van der Waals surface area contributed by atoms with Crippen molar-refractivity contribution >= 4 is 28.1 Å². The predicted molar refractivity (Wildman–Crippen MR) is 81.1 cm³/mol. The van der Waals surface area contributed by atoms with Gasteiger partial charge in [-0.2, -0.15) is 0 Å². The number of hydrogen-bond acceptors (Lipinski definition) is 4. The van der Waals surface area contributed by atoms with E-state index < -0.39 is 10.8 Å². The smallest absolute Gasteiger partial charge is 0.0647 e. The Hall–Kier alpha value is -0.620. The number of nitrogen functional groups attached to an aromatic ring is 1. The van der Waals surface area contributed by atoms with Crippen LogP contribution < -0.4 is 5.73 Å². The van der Waals surface area contributed by atoms with Crippen LogP contribution in [0.4, 0.5) is 5.69 Å². The summed E-state index contributed by atoms with van der Waals surface area (Å²) in [4.78, 5) is 5.43. The van der Waals surface area contributed by atoms with E-state index in [-0.39, 0.29) is 0 Å². The summed E-state index contributed by atoms with van der Waals surface area (Å²) in [6, 6.07) is 5.21. The van der Waals surface area contributed by atoms with Gasteiger partial charge in [0.25, 0.3) is 0 Å². The number of anilines is 1. The number of piperazine rings is 1. The molecule has 0 radical (unpaired) electrons. The lowest BCUT2D eigenvalue weighted by Gasteiger charge is -2.32. The van der Waals surface area contributed by atoms with E-state index in [1.54, 1.807) is 18.2 Å². The third kappa shape index (κ3) is 4.18. The van der Waals surface area contributed by atoms with Gasteiger partial charge in [-0.15, -0.1) is 0 Å². The molecule has 0 amide bonds. The van der Waals surface area contributed by atoms with Gasteiger partial charge in [-0.05, 0) is 25.2 Å². The van der Waals surface area contributed by atoms with Gasteiger partial charge in [-0.25, -0.2) is 0 Å². The molecular formula is C13H20ClN3OS. The number of halogens is 1. The molecule has 1 saturated heterocycles. The summed E-state index contributed by atoms with van der Waals surface area (Å²) in [6.45, 7) is 5.13. The van der Waals surface area contributed by atoms with E-state index in [1.165, 1.54) is 0 Å². The fourth-order valence-corrected chi connectivity index (χ4v) is 3.42. The van der Waals surface area contributed by atoms with Gasteiger partial charge in [0.15, 0.2) is 0 Å². The van der Waals surface area contributed by atoms with Gasteiger partial charge in [0.1, 0.15) is 0 Å². The molecule has 6 heteroatoms. The van der Waals surface area contributed by atoms with E-state index in [2.05, 4.69) is 16.8 Å². The first-order valence-corrected chi connectivity index (χ1v) is 8.10. The topological polar surface area (TPSA) is 49.6 Å². The first-order valence-electron chi connectivity index (χ1n) is 6.40. The maximum Gasteiger partial charge on any atom is 0.0647 e. The second-order valence-electron chi connectivity index (χ2n) is 4.88. The van der Waals surface area contributed by atoms with Crippen molar-refractivity contribution in [1.82, 2.24) is 9.80 Å². The Morgan fingerprint density at radius 3 is 2.63 bits per heavy atom. The van der Waals surface area contributed by atoms with Crippen LogP contribution in [0.3, 0.4) is 0 Å². The van der Waals surface area contributed by atoms with Crippen molar-refractivity contribution in [2.24, 2.45) is 0 Å². The minimum Gasteiger partial charge on any atom is -0.398 e. The molecule has 0 aromatic heterocycles. The third-order valence-electron chi connectivity index (χ3n) is 3.42. The number of likely N-dealkylation sites (N-methyl/N-ethyl adjacent to an activating group) is 1. The van der Waals surface area contributed by atoms with Crippen molar-refractivity contribution in [2.45, 2.75) is 4.90 Å². The highest BCUT2D eigenvalue weighted by molar-refractivity contribution is 7.85. The second kappa shape index (κ2) is 6.70. The maximum absolute atomic E-state index is 12.2. The summed E-state index contributed by atoms with van der Waals surface area (Å²) in [5.74, 6) is 0.643. The van der Waals surface area contributed by atoms with E-state index in [9.17, 15) is 4.21 Å². The van der Waals surface area contributed by atoms with Gasteiger partial charge in [0.05, 0.1) is 21.5 Å². The molecule has 1 unspecified atom stereocenters. The molecular weight excluding hydrogens is 282 g/mol. The standard InChI is InChI=1S/C13H20ClN3OS/c1-16-4-6-17(7-5-16)8-9-19(18)11-2-3-13(15)12(14)10-11/h2-3,10H,4-9,15H2,1H3. The van der Waals surface area contributed by atoms with Gasteiger partial charge in [0, 0.05) is 43.4 Å². The average Bonchev–Trinajstić information content (AvgIpc) is 2.41. The van der Waals surface area contributed by atoms with Gasteiger partial charge in [-0.1, -0.05) is 11.6 Å². The van der Waals surface area contributed by atoms with Gasteiger partial charge in [0.2, 0.25) is 0 Å². The van der Waals surface area contributed by atoms with Crippen molar-refractivity contribution in [3.63, 3.8) is 0 Å². The SMILES string of the molecule is CN1CCN(CCS(=O)c2ccc(N)c(Cl)c2)CC1. The highest BCUT2D eigenvalue weighted by Crippen LogP contribution is 2.21. The molecule has 2 N–H and O–H groups in total. The Morgan fingerprint density at radius 2 is 2.00 bits per heavy atom. The van der Waals surface area contributed by atoms with E-state index in [1.807, 2.05) is 0 Å². The molecule has 0 spiro atoms. The normalized spacial score (nSPS) is 19.5. The lowest BCUT2D eigenvalue weighted by molar-refractivity contribution is 0.161. The number of nitrogens with zero attached hydrogens (tertiary/aromatic N) is 2. The molecule has 106 valence electrons. The minimum atomic E-state index is -1.01. The molecule has 0 aliphatic carbocycles. The zero-order valence-corrected chi connectivity index (χ0v) is 12.7. The second-order valence-corrected chi connectivity index (χ2v) is 6.86. The van der Waals surface area contributed by atoms with E-state index in [0.717, 1.165) is 37.6 Å². The largest absolute Gasteiger partial charge is 0.398 e. The monoisotopic (exact) mass is 301 g/mol. The Morgan fingerprint density at radius 1 is 1.32 bits per heavy atom. The van der Waals surface area contributed by atoms with Gasteiger partial charge in [-0.3, -0.25) is 9.11 Å². The molecule has 1 heterocycles. The highest BCUT2D eigenvalue weighted by Gasteiger charge is 2.15. The molecule has 1 aliphatic rings. The average molecular weight is 302 g/mol. The summed E-state index contributed by atoms with van der Waals surface area (Å²) >= 11 is 5.95. The summed E-state index contributed by atoms with van der Waals surface area (Å²) in [7, 11) is 1.12. The van der Waals surface area contributed by atoms with Crippen molar-refractivity contribution in [3.8, 4) is 0 Å². The number of rotatable bonds is 4. The maximum atomic E-state index is 12.2. The highest BCUT2D eigenvalue weighted by atomic mass is 35.5. The number of nitrogens with two attached hydrogens (primary N) is 1. The van der Waals surface area contributed by atoms with Gasteiger partial charge < -0.3 is 10.6 Å². The first-order chi connectivity index (χ1) is 9.06. The van der Waals surface area contributed by atoms with Crippen LogP contribution in [0, 0.1) is 0 Å². The Bertz CT molecular complexity index is 461. The minimum absolute atomic E-state index is 0.477. The molecule has 1 aromatic carbocycles. The summed E-state index contributed by atoms with van der Waals surface area (Å²) < 4.78 is 12.2. The van der Waals surface area contributed by atoms with Crippen LogP contribution >= 0.6 is 11.6 Å². The predicted octanol–water partition coefficient (Wildman–Crippen LogP) is 1.28. The molecule has 1 aliphatic heterocycles. The quantitative estimate of drug-likeness (QED) is 0.851. The zero-order valence-electron chi connectivity index (χ0n) is 11.1.